The van der Waals surface area contributed by atoms with Crippen LogP contribution in [-0.2, 0) is 17.9 Å². The maximum atomic E-state index is 13.1. The Kier molecular flexibility index (Phi) is 5.93. The van der Waals surface area contributed by atoms with Crippen LogP contribution in [0.25, 0.3) is 22.2 Å². The number of benzene rings is 3. The molecule has 5 rings (SSSR count). The lowest BCUT2D eigenvalue weighted by molar-refractivity contribution is -0.133. The Morgan fingerprint density at radius 1 is 0.875 bits per heavy atom. The summed E-state index contributed by atoms with van der Waals surface area (Å²) in [6.07, 6.45) is 0. The molecule has 0 unspecified atom stereocenters. The maximum Gasteiger partial charge on any atom is 0.244 e. The van der Waals surface area contributed by atoms with Crippen molar-refractivity contribution in [3.8, 4) is 11.3 Å². The Labute approximate surface area is 192 Å². The van der Waals surface area contributed by atoms with Gasteiger partial charge < -0.3 is 4.90 Å². The third-order valence-electron chi connectivity index (χ3n) is 6.02. The normalized spacial score (nSPS) is 14.7. The summed E-state index contributed by atoms with van der Waals surface area (Å²) in [7, 11) is 0. The quantitative estimate of drug-likeness (QED) is 0.448. The molecule has 1 fully saturated rings. The second-order valence-corrected chi connectivity index (χ2v) is 8.61. The van der Waals surface area contributed by atoms with Gasteiger partial charge in [-0.1, -0.05) is 72.3 Å². The second-order valence-electron chi connectivity index (χ2n) is 8.18. The highest BCUT2D eigenvalue weighted by Crippen LogP contribution is 2.30. The molecular formula is C26H25ClN4O. The van der Waals surface area contributed by atoms with Crippen molar-refractivity contribution in [3.05, 3.63) is 89.4 Å². The first-order valence-electron chi connectivity index (χ1n) is 10.9. The molecule has 0 saturated carbocycles. The lowest BCUT2D eigenvalue weighted by Gasteiger charge is -2.34. The van der Waals surface area contributed by atoms with E-state index in [1.54, 1.807) is 0 Å². The van der Waals surface area contributed by atoms with Gasteiger partial charge in [0.15, 0.2) is 0 Å². The predicted octanol–water partition coefficient (Wildman–Crippen LogP) is 4.70. The number of hydrogen-bond donors (Lipinski definition) is 0. The molecule has 4 aromatic rings. The van der Waals surface area contributed by atoms with E-state index in [0.29, 0.717) is 5.02 Å². The van der Waals surface area contributed by atoms with Crippen LogP contribution in [0.3, 0.4) is 0 Å². The monoisotopic (exact) mass is 444 g/mol. The lowest BCUT2D eigenvalue weighted by atomic mass is 10.1. The van der Waals surface area contributed by atoms with Crippen molar-refractivity contribution in [2.24, 2.45) is 0 Å². The number of hydrogen-bond acceptors (Lipinski definition) is 3. The number of piperazine rings is 1. The van der Waals surface area contributed by atoms with E-state index in [2.05, 4.69) is 29.2 Å². The summed E-state index contributed by atoms with van der Waals surface area (Å²) in [5, 5.41) is 6.43. The number of fused-ring (bicyclic) bond motifs is 1. The van der Waals surface area contributed by atoms with Crippen molar-refractivity contribution >= 4 is 28.4 Å². The summed E-state index contributed by atoms with van der Waals surface area (Å²) in [6, 6.07) is 26.2. The van der Waals surface area contributed by atoms with E-state index in [1.807, 2.05) is 64.2 Å². The first kappa shape index (κ1) is 20.7. The van der Waals surface area contributed by atoms with Crippen LogP contribution in [0, 0.1) is 0 Å². The Hall–Kier alpha value is -3.15. The number of halogens is 1. The van der Waals surface area contributed by atoms with Crippen molar-refractivity contribution in [1.29, 1.82) is 0 Å². The van der Waals surface area contributed by atoms with Gasteiger partial charge in [-0.2, -0.15) is 5.10 Å². The minimum absolute atomic E-state index is 0.100. The molecule has 0 atom stereocenters. The maximum absolute atomic E-state index is 13.1. The molecule has 2 heterocycles. The van der Waals surface area contributed by atoms with E-state index in [0.717, 1.165) is 54.9 Å². The molecule has 1 amide bonds. The first-order valence-corrected chi connectivity index (χ1v) is 11.3. The zero-order valence-electron chi connectivity index (χ0n) is 17.8. The standard InChI is InChI=1S/C26H25ClN4O/c27-22-11-12-24-23(17-22)26(21-9-5-2-6-10-21)28-31(24)19-25(32)30-15-13-29(14-16-30)18-20-7-3-1-4-8-20/h1-12,17H,13-16,18-19H2. The van der Waals surface area contributed by atoms with Crippen LogP contribution in [0.4, 0.5) is 0 Å². The third kappa shape index (κ3) is 4.40. The third-order valence-corrected chi connectivity index (χ3v) is 6.25. The molecule has 0 radical (unpaired) electrons. The number of aromatic nitrogens is 2. The van der Waals surface area contributed by atoms with E-state index in [9.17, 15) is 4.79 Å². The SMILES string of the molecule is O=C(Cn1nc(-c2ccccc2)c2cc(Cl)ccc21)N1CCN(Cc2ccccc2)CC1. The molecule has 3 aromatic carbocycles. The van der Waals surface area contributed by atoms with Crippen molar-refractivity contribution in [2.75, 3.05) is 26.2 Å². The summed E-state index contributed by atoms with van der Waals surface area (Å²) in [6.45, 7) is 4.39. The average Bonchev–Trinajstić information content (AvgIpc) is 3.18. The van der Waals surface area contributed by atoms with Gasteiger partial charge in [0, 0.05) is 48.7 Å². The Bertz CT molecular complexity index is 1210. The topological polar surface area (TPSA) is 41.4 Å². The first-order chi connectivity index (χ1) is 15.7. The second kappa shape index (κ2) is 9.15. The van der Waals surface area contributed by atoms with E-state index in [-0.39, 0.29) is 12.5 Å². The van der Waals surface area contributed by atoms with Gasteiger partial charge in [-0.3, -0.25) is 14.4 Å². The summed E-state index contributed by atoms with van der Waals surface area (Å²) in [5.74, 6) is 0.100. The molecule has 0 aliphatic carbocycles. The summed E-state index contributed by atoms with van der Waals surface area (Å²) in [4.78, 5) is 17.5. The van der Waals surface area contributed by atoms with Crippen LogP contribution in [-0.4, -0.2) is 51.7 Å². The highest BCUT2D eigenvalue weighted by atomic mass is 35.5. The molecule has 0 spiro atoms. The highest BCUT2D eigenvalue weighted by Gasteiger charge is 2.23. The molecule has 162 valence electrons. The van der Waals surface area contributed by atoms with Gasteiger partial charge >= 0.3 is 0 Å². The number of amides is 1. The summed E-state index contributed by atoms with van der Waals surface area (Å²) >= 11 is 6.27. The molecular weight excluding hydrogens is 420 g/mol. The van der Waals surface area contributed by atoms with Crippen LogP contribution < -0.4 is 0 Å². The minimum Gasteiger partial charge on any atom is -0.339 e. The Balaban J connectivity index is 1.30. The van der Waals surface area contributed by atoms with E-state index >= 15 is 0 Å². The van der Waals surface area contributed by atoms with Crippen LogP contribution in [0.2, 0.25) is 5.02 Å². The molecule has 1 aliphatic heterocycles. The Morgan fingerprint density at radius 2 is 1.56 bits per heavy atom. The summed E-state index contributed by atoms with van der Waals surface area (Å²) in [5.41, 5.74) is 4.09. The number of carbonyl (C=O) groups excluding carboxylic acids is 1. The van der Waals surface area contributed by atoms with Crippen molar-refractivity contribution in [1.82, 2.24) is 19.6 Å². The largest absolute Gasteiger partial charge is 0.339 e. The van der Waals surface area contributed by atoms with Crippen molar-refractivity contribution < 1.29 is 4.79 Å². The molecule has 0 bridgehead atoms. The minimum atomic E-state index is 0.100. The van der Waals surface area contributed by atoms with Gasteiger partial charge in [-0.15, -0.1) is 0 Å². The fraction of sp³-hybridized carbons (Fsp3) is 0.231. The van der Waals surface area contributed by atoms with Gasteiger partial charge in [0.25, 0.3) is 0 Å². The Morgan fingerprint density at radius 3 is 2.28 bits per heavy atom. The molecule has 5 nitrogen and oxygen atoms in total. The van der Waals surface area contributed by atoms with Gasteiger partial charge in [-0.05, 0) is 23.8 Å². The molecule has 1 saturated heterocycles. The molecule has 1 aliphatic rings. The van der Waals surface area contributed by atoms with Crippen molar-refractivity contribution in [2.45, 2.75) is 13.1 Å². The zero-order valence-corrected chi connectivity index (χ0v) is 18.6. The van der Waals surface area contributed by atoms with Crippen LogP contribution in [0.1, 0.15) is 5.56 Å². The smallest absolute Gasteiger partial charge is 0.244 e. The molecule has 1 aromatic heterocycles. The van der Waals surface area contributed by atoms with E-state index in [1.165, 1.54) is 5.56 Å². The van der Waals surface area contributed by atoms with Crippen LogP contribution in [0.5, 0.6) is 0 Å². The average molecular weight is 445 g/mol. The van der Waals surface area contributed by atoms with Gasteiger partial charge in [0.2, 0.25) is 5.91 Å². The van der Waals surface area contributed by atoms with Crippen LogP contribution >= 0.6 is 11.6 Å². The summed E-state index contributed by atoms with van der Waals surface area (Å²) < 4.78 is 1.81. The molecule has 0 N–H and O–H groups in total. The number of carbonyl (C=O) groups is 1. The molecule has 6 heteroatoms. The van der Waals surface area contributed by atoms with Gasteiger partial charge in [0.05, 0.1) is 5.52 Å². The predicted molar refractivity (Wildman–Crippen MR) is 128 cm³/mol. The fourth-order valence-electron chi connectivity index (χ4n) is 4.31. The zero-order chi connectivity index (χ0) is 21.9. The highest BCUT2D eigenvalue weighted by molar-refractivity contribution is 6.31. The van der Waals surface area contributed by atoms with E-state index < -0.39 is 0 Å². The lowest BCUT2D eigenvalue weighted by Crippen LogP contribution is -2.49. The van der Waals surface area contributed by atoms with E-state index in [4.69, 9.17) is 16.7 Å². The number of rotatable bonds is 5. The van der Waals surface area contributed by atoms with Crippen molar-refractivity contribution in [3.63, 3.8) is 0 Å². The fourth-order valence-corrected chi connectivity index (χ4v) is 4.48. The van der Waals surface area contributed by atoms with Crippen LogP contribution in [0.15, 0.2) is 78.9 Å². The number of nitrogens with zero attached hydrogens (tertiary/aromatic N) is 4. The van der Waals surface area contributed by atoms with Gasteiger partial charge in [0.1, 0.15) is 12.2 Å². The van der Waals surface area contributed by atoms with Gasteiger partial charge in [-0.25, -0.2) is 0 Å². The molecule has 32 heavy (non-hydrogen) atoms.